The Bertz CT molecular complexity index is 1210. The molecule has 0 N–H and O–H groups in total. The number of hydrogen-bond donors (Lipinski definition) is 0. The second-order valence-electron chi connectivity index (χ2n) is 7.13. The van der Waals surface area contributed by atoms with Crippen LogP contribution in [-0.4, -0.2) is 19.7 Å². The van der Waals surface area contributed by atoms with Crippen LogP contribution < -0.4 is 5.56 Å². The van der Waals surface area contributed by atoms with Crippen molar-refractivity contribution in [3.05, 3.63) is 76.2 Å². The van der Waals surface area contributed by atoms with Crippen LogP contribution in [0.15, 0.2) is 63.0 Å². The van der Waals surface area contributed by atoms with Gasteiger partial charge in [0.25, 0.3) is 5.56 Å². The highest BCUT2D eigenvalue weighted by Crippen LogP contribution is 2.34. The summed E-state index contributed by atoms with van der Waals surface area (Å²) in [5.41, 5.74) is 2.60. The fourth-order valence-corrected chi connectivity index (χ4v) is 4.22. The Kier molecular flexibility index (Phi) is 5.99. The van der Waals surface area contributed by atoms with Gasteiger partial charge in [0.2, 0.25) is 5.89 Å². The molecule has 154 valence electrons. The minimum atomic E-state index is -0.141. The highest BCUT2D eigenvalue weighted by molar-refractivity contribution is 7.99. The molecule has 4 rings (SSSR count). The zero-order chi connectivity index (χ0) is 21.1. The lowest BCUT2D eigenvalue weighted by atomic mass is 10.1. The number of thioether (sulfide) groups is 1. The number of para-hydroxylation sites is 1. The summed E-state index contributed by atoms with van der Waals surface area (Å²) >= 11 is 1.44. The number of hydrogen-bond acceptors (Lipinski definition) is 6. The van der Waals surface area contributed by atoms with Gasteiger partial charge in [0.05, 0.1) is 21.8 Å². The van der Waals surface area contributed by atoms with Crippen LogP contribution >= 0.6 is 11.8 Å². The molecule has 0 saturated heterocycles. The lowest BCUT2D eigenvalue weighted by molar-refractivity contribution is 0.374. The quantitative estimate of drug-likeness (QED) is 0.305. The van der Waals surface area contributed by atoms with Gasteiger partial charge < -0.3 is 4.52 Å². The average molecular weight is 421 g/mol. The van der Waals surface area contributed by atoms with Crippen molar-refractivity contribution in [1.82, 2.24) is 19.7 Å². The topological polar surface area (TPSA) is 73.8 Å². The minimum Gasteiger partial charge on any atom is -0.338 e. The molecule has 1 atom stereocenters. The number of nitrogens with zero attached hydrogens (tertiary/aromatic N) is 4. The number of aromatic nitrogens is 4. The van der Waals surface area contributed by atoms with Crippen molar-refractivity contribution in [2.24, 2.45) is 0 Å². The molecule has 2 aromatic heterocycles. The molecule has 0 radical (unpaired) electrons. The Morgan fingerprint density at radius 2 is 1.83 bits per heavy atom. The molecule has 0 aliphatic heterocycles. The Hall–Kier alpha value is -2.93. The monoisotopic (exact) mass is 420 g/mol. The van der Waals surface area contributed by atoms with E-state index in [9.17, 15) is 4.79 Å². The predicted octanol–water partition coefficient (Wildman–Crippen LogP) is 5.14. The van der Waals surface area contributed by atoms with Crippen molar-refractivity contribution in [2.75, 3.05) is 0 Å². The van der Waals surface area contributed by atoms with Crippen molar-refractivity contribution in [1.29, 1.82) is 0 Å². The molecule has 6 nitrogen and oxygen atoms in total. The Balaban J connectivity index is 1.79. The third-order valence-electron chi connectivity index (χ3n) is 4.94. The van der Waals surface area contributed by atoms with E-state index in [0.29, 0.717) is 27.8 Å². The predicted molar refractivity (Wildman–Crippen MR) is 119 cm³/mol. The highest BCUT2D eigenvalue weighted by atomic mass is 32.2. The zero-order valence-corrected chi connectivity index (χ0v) is 18.1. The summed E-state index contributed by atoms with van der Waals surface area (Å²) in [5.74, 6) is 1.25. The van der Waals surface area contributed by atoms with Crippen molar-refractivity contribution in [3.63, 3.8) is 0 Å². The lowest BCUT2D eigenvalue weighted by Gasteiger charge is -2.15. The number of fused-ring (bicyclic) bond motifs is 1. The summed E-state index contributed by atoms with van der Waals surface area (Å²) in [6.07, 6.45) is 2.69. The molecule has 0 aliphatic rings. The molecule has 0 spiro atoms. The van der Waals surface area contributed by atoms with Crippen molar-refractivity contribution < 1.29 is 4.52 Å². The molecule has 0 fully saturated rings. The Morgan fingerprint density at radius 3 is 2.57 bits per heavy atom. The van der Waals surface area contributed by atoms with E-state index in [-0.39, 0.29) is 10.8 Å². The molecular weight excluding hydrogens is 396 g/mol. The lowest BCUT2D eigenvalue weighted by Crippen LogP contribution is -2.22. The van der Waals surface area contributed by atoms with Gasteiger partial charge >= 0.3 is 0 Å². The second kappa shape index (κ2) is 8.83. The second-order valence-corrected chi connectivity index (χ2v) is 8.44. The highest BCUT2D eigenvalue weighted by Gasteiger charge is 2.20. The van der Waals surface area contributed by atoms with Crippen LogP contribution in [0.2, 0.25) is 0 Å². The van der Waals surface area contributed by atoms with Gasteiger partial charge in [-0.05, 0) is 49.6 Å². The summed E-state index contributed by atoms with van der Waals surface area (Å²) in [6.45, 7) is 6.18. The summed E-state index contributed by atoms with van der Waals surface area (Å²) in [6, 6.07) is 15.5. The van der Waals surface area contributed by atoms with E-state index in [4.69, 9.17) is 9.51 Å². The Morgan fingerprint density at radius 1 is 1.07 bits per heavy atom. The van der Waals surface area contributed by atoms with Gasteiger partial charge in [0.1, 0.15) is 0 Å². The third-order valence-corrected chi connectivity index (χ3v) is 5.97. The SMILES string of the molecule is CCCc1noc(C(C)Sc2nc3ccccc3c(=O)n2-c2ccc(CC)cc2)n1. The van der Waals surface area contributed by atoms with E-state index in [2.05, 4.69) is 24.0 Å². The van der Waals surface area contributed by atoms with Crippen LogP contribution in [0, 0.1) is 0 Å². The van der Waals surface area contributed by atoms with Gasteiger partial charge in [-0.3, -0.25) is 9.36 Å². The third kappa shape index (κ3) is 4.03. The maximum Gasteiger partial charge on any atom is 0.266 e. The minimum absolute atomic E-state index is 0.0863. The molecule has 4 aromatic rings. The molecule has 2 heterocycles. The normalized spacial score (nSPS) is 12.4. The number of benzene rings is 2. The molecule has 0 saturated carbocycles. The first-order chi connectivity index (χ1) is 14.6. The molecule has 7 heteroatoms. The molecule has 0 aliphatic carbocycles. The van der Waals surface area contributed by atoms with Gasteiger partial charge in [-0.1, -0.05) is 55.0 Å². The molecule has 0 amide bonds. The van der Waals surface area contributed by atoms with Crippen LogP contribution in [-0.2, 0) is 12.8 Å². The standard InChI is InChI=1S/C23H24N4O2S/c1-4-8-20-25-21(29-26-20)15(3)30-23-24-19-10-7-6-9-18(19)22(28)27(23)17-13-11-16(5-2)12-14-17/h6-7,9-15H,4-5,8H2,1-3H3. The average Bonchev–Trinajstić information content (AvgIpc) is 3.23. The van der Waals surface area contributed by atoms with E-state index in [1.165, 1.54) is 17.3 Å². The van der Waals surface area contributed by atoms with Gasteiger partial charge in [0, 0.05) is 6.42 Å². The molecular formula is C23H24N4O2S. The van der Waals surface area contributed by atoms with E-state index >= 15 is 0 Å². The maximum atomic E-state index is 13.4. The maximum absolute atomic E-state index is 13.4. The number of rotatable bonds is 7. The fraction of sp³-hybridized carbons (Fsp3) is 0.304. The first-order valence-corrected chi connectivity index (χ1v) is 11.1. The van der Waals surface area contributed by atoms with Crippen LogP contribution in [0.3, 0.4) is 0 Å². The summed E-state index contributed by atoms with van der Waals surface area (Å²) in [5, 5.41) is 5.10. The number of aryl methyl sites for hydroxylation is 2. The summed E-state index contributed by atoms with van der Waals surface area (Å²) in [7, 11) is 0. The van der Waals surface area contributed by atoms with E-state index in [1.54, 1.807) is 4.57 Å². The van der Waals surface area contributed by atoms with Gasteiger partial charge in [-0.25, -0.2) is 4.98 Å². The molecule has 2 aromatic carbocycles. The molecule has 1 unspecified atom stereocenters. The van der Waals surface area contributed by atoms with Gasteiger partial charge in [-0.15, -0.1) is 0 Å². The zero-order valence-electron chi connectivity index (χ0n) is 17.3. The van der Waals surface area contributed by atoms with Crippen LogP contribution in [0.1, 0.15) is 49.7 Å². The first-order valence-electron chi connectivity index (χ1n) is 10.2. The fourth-order valence-electron chi connectivity index (χ4n) is 3.27. The van der Waals surface area contributed by atoms with E-state index < -0.39 is 0 Å². The smallest absolute Gasteiger partial charge is 0.266 e. The summed E-state index contributed by atoms with van der Waals surface area (Å²) in [4.78, 5) is 22.7. The van der Waals surface area contributed by atoms with Gasteiger partial charge in [-0.2, -0.15) is 4.98 Å². The van der Waals surface area contributed by atoms with Crippen LogP contribution in [0.25, 0.3) is 16.6 Å². The van der Waals surface area contributed by atoms with Crippen molar-refractivity contribution >= 4 is 22.7 Å². The van der Waals surface area contributed by atoms with E-state index in [1.807, 2.05) is 55.5 Å². The van der Waals surface area contributed by atoms with Crippen LogP contribution in [0.4, 0.5) is 0 Å². The van der Waals surface area contributed by atoms with Gasteiger partial charge in [0.15, 0.2) is 11.0 Å². The molecule has 0 bridgehead atoms. The largest absolute Gasteiger partial charge is 0.338 e. The summed E-state index contributed by atoms with van der Waals surface area (Å²) < 4.78 is 7.12. The Labute approximate surface area is 179 Å². The van der Waals surface area contributed by atoms with Crippen LogP contribution in [0.5, 0.6) is 0 Å². The molecule has 30 heavy (non-hydrogen) atoms. The van der Waals surface area contributed by atoms with Crippen molar-refractivity contribution in [2.45, 2.75) is 50.4 Å². The first kappa shape index (κ1) is 20.3. The van der Waals surface area contributed by atoms with Crippen molar-refractivity contribution in [3.8, 4) is 5.69 Å². The van der Waals surface area contributed by atoms with E-state index in [0.717, 1.165) is 24.9 Å².